The summed E-state index contributed by atoms with van der Waals surface area (Å²) in [4.78, 5) is 11.4. The van der Waals surface area contributed by atoms with Crippen LogP contribution in [-0.4, -0.2) is 45.4 Å². The zero-order chi connectivity index (χ0) is 15.5. The molecule has 124 valence electrons. The molecule has 1 aliphatic heterocycles. The average molecular weight is 350 g/mol. The summed E-state index contributed by atoms with van der Waals surface area (Å²) >= 11 is 0. The van der Waals surface area contributed by atoms with Gasteiger partial charge in [-0.15, -0.1) is 12.4 Å². The molecular weight excluding hydrogens is 330 g/mol. The second-order valence-electron chi connectivity index (χ2n) is 4.73. The van der Waals surface area contributed by atoms with Gasteiger partial charge in [-0.3, -0.25) is 4.79 Å². The topological polar surface area (TPSA) is 102 Å². The van der Waals surface area contributed by atoms with E-state index >= 15 is 0 Å². The third-order valence-electron chi connectivity index (χ3n) is 3.32. The van der Waals surface area contributed by atoms with Crippen molar-refractivity contribution in [3.05, 3.63) is 18.2 Å². The molecule has 7 nitrogen and oxygen atoms in total. The van der Waals surface area contributed by atoms with Gasteiger partial charge in [-0.2, -0.15) is 4.31 Å². The number of nitrogens with one attached hydrogen (secondary N) is 1. The summed E-state index contributed by atoms with van der Waals surface area (Å²) in [7, 11) is -2.17. The molecule has 0 atom stereocenters. The molecule has 0 aromatic heterocycles. The number of carbonyl (C=O) groups excluding carboxylic acids is 1. The van der Waals surface area contributed by atoms with Crippen LogP contribution >= 0.6 is 12.4 Å². The third-order valence-corrected chi connectivity index (χ3v) is 5.25. The normalized spacial score (nSPS) is 15.2. The lowest BCUT2D eigenvalue weighted by atomic mass is 10.3. The molecule has 0 aliphatic carbocycles. The SMILES string of the molecule is COc1cc(NC(=O)CN)ccc1S(=O)(=O)N1CCCC1.Cl. The van der Waals surface area contributed by atoms with Crippen molar-refractivity contribution in [1.29, 1.82) is 0 Å². The summed E-state index contributed by atoms with van der Waals surface area (Å²) in [5.41, 5.74) is 5.67. The molecule has 2 rings (SSSR count). The highest BCUT2D eigenvalue weighted by atomic mass is 35.5. The Hall–Kier alpha value is -1.35. The monoisotopic (exact) mass is 349 g/mol. The Morgan fingerprint density at radius 3 is 2.55 bits per heavy atom. The van der Waals surface area contributed by atoms with Crippen molar-refractivity contribution < 1.29 is 17.9 Å². The number of ether oxygens (including phenoxy) is 1. The van der Waals surface area contributed by atoms with Crippen LogP contribution in [0.2, 0.25) is 0 Å². The van der Waals surface area contributed by atoms with E-state index in [4.69, 9.17) is 10.5 Å². The summed E-state index contributed by atoms with van der Waals surface area (Å²) < 4.78 is 31.7. The fraction of sp³-hybridized carbons (Fsp3) is 0.462. The maximum Gasteiger partial charge on any atom is 0.246 e. The van der Waals surface area contributed by atoms with Gasteiger partial charge in [0.1, 0.15) is 10.6 Å². The van der Waals surface area contributed by atoms with Gasteiger partial charge >= 0.3 is 0 Å². The molecule has 1 amide bonds. The van der Waals surface area contributed by atoms with Crippen molar-refractivity contribution in [2.75, 3.05) is 32.1 Å². The van der Waals surface area contributed by atoms with Crippen LogP contribution in [-0.2, 0) is 14.8 Å². The van der Waals surface area contributed by atoms with Crippen LogP contribution < -0.4 is 15.8 Å². The number of carbonyl (C=O) groups is 1. The molecule has 0 spiro atoms. The van der Waals surface area contributed by atoms with Crippen LogP contribution in [0.15, 0.2) is 23.1 Å². The van der Waals surface area contributed by atoms with Gasteiger partial charge in [0.05, 0.1) is 13.7 Å². The van der Waals surface area contributed by atoms with Crippen LogP contribution in [0.1, 0.15) is 12.8 Å². The van der Waals surface area contributed by atoms with Gasteiger partial charge in [0.15, 0.2) is 0 Å². The van der Waals surface area contributed by atoms with E-state index in [1.807, 2.05) is 0 Å². The number of sulfonamides is 1. The number of rotatable bonds is 5. The second kappa shape index (κ2) is 7.77. The maximum absolute atomic E-state index is 12.5. The summed E-state index contributed by atoms with van der Waals surface area (Å²) in [5, 5.41) is 2.56. The van der Waals surface area contributed by atoms with E-state index in [0.29, 0.717) is 18.8 Å². The Balaban J connectivity index is 0.00000242. The number of benzene rings is 1. The Kier molecular flexibility index (Phi) is 6.61. The lowest BCUT2D eigenvalue weighted by Gasteiger charge is -2.18. The molecule has 1 aliphatic rings. The van der Waals surface area contributed by atoms with Crippen molar-refractivity contribution >= 4 is 34.0 Å². The van der Waals surface area contributed by atoms with Gasteiger partial charge in [-0.05, 0) is 25.0 Å². The number of anilines is 1. The molecule has 0 saturated carbocycles. The van der Waals surface area contributed by atoms with Crippen molar-refractivity contribution in [2.45, 2.75) is 17.7 Å². The summed E-state index contributed by atoms with van der Waals surface area (Å²) in [5.74, 6) is -0.149. The minimum absolute atomic E-state index is 0. The van der Waals surface area contributed by atoms with Gasteiger partial charge in [0, 0.05) is 24.8 Å². The fourth-order valence-electron chi connectivity index (χ4n) is 2.24. The van der Waals surface area contributed by atoms with Crippen LogP contribution in [0.5, 0.6) is 5.75 Å². The number of methoxy groups -OCH3 is 1. The minimum Gasteiger partial charge on any atom is -0.495 e. The second-order valence-corrected chi connectivity index (χ2v) is 6.64. The van der Waals surface area contributed by atoms with E-state index in [0.717, 1.165) is 12.8 Å². The number of hydrogen-bond acceptors (Lipinski definition) is 5. The molecule has 0 radical (unpaired) electrons. The van der Waals surface area contributed by atoms with Gasteiger partial charge in [-0.1, -0.05) is 0 Å². The first kappa shape index (κ1) is 18.7. The first-order valence-electron chi connectivity index (χ1n) is 6.67. The summed E-state index contributed by atoms with van der Waals surface area (Å²) in [6.45, 7) is 0.907. The van der Waals surface area contributed by atoms with Crippen LogP contribution in [0, 0.1) is 0 Å². The Morgan fingerprint density at radius 2 is 2.00 bits per heavy atom. The molecule has 22 heavy (non-hydrogen) atoms. The highest BCUT2D eigenvalue weighted by Crippen LogP contribution is 2.31. The maximum atomic E-state index is 12.5. The van der Waals surface area contributed by atoms with E-state index in [-0.39, 0.29) is 35.5 Å². The summed E-state index contributed by atoms with van der Waals surface area (Å²) in [6.07, 6.45) is 1.73. The quantitative estimate of drug-likeness (QED) is 0.818. The number of halogens is 1. The third kappa shape index (κ3) is 3.89. The van der Waals surface area contributed by atoms with Crippen molar-refractivity contribution in [3.63, 3.8) is 0 Å². The average Bonchev–Trinajstić information content (AvgIpc) is 3.01. The zero-order valence-corrected chi connectivity index (χ0v) is 13.9. The number of hydrogen-bond donors (Lipinski definition) is 2. The highest BCUT2D eigenvalue weighted by Gasteiger charge is 2.29. The number of nitrogens with zero attached hydrogens (tertiary/aromatic N) is 1. The molecule has 1 aromatic carbocycles. The fourth-order valence-corrected chi connectivity index (χ4v) is 3.89. The molecule has 9 heteroatoms. The first-order chi connectivity index (χ1) is 9.98. The van der Waals surface area contributed by atoms with Gasteiger partial charge in [-0.25, -0.2) is 8.42 Å². The predicted octanol–water partition coefficient (Wildman–Crippen LogP) is 0.799. The standard InChI is InChI=1S/C13H19N3O4S.ClH/c1-20-11-8-10(15-13(17)9-14)4-5-12(11)21(18,19)16-6-2-3-7-16;/h4-5,8H,2-3,6-7,9,14H2,1H3,(H,15,17);1H. The van der Waals surface area contributed by atoms with E-state index in [9.17, 15) is 13.2 Å². The smallest absolute Gasteiger partial charge is 0.246 e. The molecule has 1 fully saturated rings. The Morgan fingerprint density at radius 1 is 1.36 bits per heavy atom. The molecule has 0 bridgehead atoms. The molecule has 3 N–H and O–H groups in total. The van der Waals surface area contributed by atoms with Crippen molar-refractivity contribution in [1.82, 2.24) is 4.31 Å². The van der Waals surface area contributed by atoms with E-state index in [1.165, 1.54) is 29.6 Å². The van der Waals surface area contributed by atoms with Gasteiger partial charge < -0.3 is 15.8 Å². The Labute approximate surface area is 136 Å². The molecular formula is C13H20ClN3O4S. The van der Waals surface area contributed by atoms with E-state index in [2.05, 4.69) is 5.32 Å². The molecule has 1 saturated heterocycles. The van der Waals surface area contributed by atoms with Crippen molar-refractivity contribution in [3.8, 4) is 5.75 Å². The molecule has 1 heterocycles. The Bertz CT molecular complexity index is 630. The minimum atomic E-state index is -3.56. The first-order valence-corrected chi connectivity index (χ1v) is 8.11. The summed E-state index contributed by atoms with van der Waals surface area (Å²) in [6, 6.07) is 4.45. The number of amides is 1. The van der Waals surface area contributed by atoms with E-state index in [1.54, 1.807) is 0 Å². The zero-order valence-electron chi connectivity index (χ0n) is 12.2. The van der Waals surface area contributed by atoms with Crippen molar-refractivity contribution in [2.24, 2.45) is 5.73 Å². The van der Waals surface area contributed by atoms with Gasteiger partial charge in [0.25, 0.3) is 0 Å². The largest absolute Gasteiger partial charge is 0.495 e. The van der Waals surface area contributed by atoms with E-state index < -0.39 is 10.0 Å². The predicted molar refractivity (Wildman–Crippen MR) is 85.9 cm³/mol. The highest BCUT2D eigenvalue weighted by molar-refractivity contribution is 7.89. The van der Waals surface area contributed by atoms with Crippen LogP contribution in [0.4, 0.5) is 5.69 Å². The molecule has 0 unspecified atom stereocenters. The van der Waals surface area contributed by atoms with Gasteiger partial charge in [0.2, 0.25) is 15.9 Å². The lowest BCUT2D eigenvalue weighted by Crippen LogP contribution is -2.28. The molecule has 1 aromatic rings. The van der Waals surface area contributed by atoms with Crippen LogP contribution in [0.25, 0.3) is 0 Å². The van der Waals surface area contributed by atoms with Crippen LogP contribution in [0.3, 0.4) is 0 Å². The number of nitrogens with two attached hydrogens (primary N) is 1. The lowest BCUT2D eigenvalue weighted by molar-refractivity contribution is -0.114.